The fraction of sp³-hybridized carbons (Fsp3) is 0.667. The minimum Gasteiger partial charge on any atom is -0.481 e. The molecule has 0 aliphatic heterocycles. The summed E-state index contributed by atoms with van der Waals surface area (Å²) in [4.78, 5) is 9.44. The summed E-state index contributed by atoms with van der Waals surface area (Å²) < 4.78 is 0. The average molecular weight is 277 g/mol. The van der Waals surface area contributed by atoms with Crippen LogP contribution in [0.4, 0.5) is 0 Å². The van der Waals surface area contributed by atoms with E-state index in [-0.39, 0.29) is 80.7 Å². The van der Waals surface area contributed by atoms with E-state index in [1.54, 1.807) is 0 Å². The molecule has 0 saturated heterocycles. The normalized spacial score (nSPS) is 2.88. The molecule has 35 N–H and O–H groups in total. The number of aliphatic hydroxyl groups excluding tert-OH is 1. The molecule has 0 amide bonds. The van der Waals surface area contributed by atoms with Crippen LogP contribution in [-0.4, -0.2) is 22.8 Å². The third-order valence-corrected chi connectivity index (χ3v) is 0.326. The molecule has 124 valence electrons. The lowest BCUT2D eigenvalue weighted by Gasteiger charge is -1.79. The molecule has 14 nitrogen and oxygen atoms in total. The summed E-state index contributed by atoms with van der Waals surface area (Å²) in [7, 11) is 0. The monoisotopic (exact) mass is 277 g/mol. The van der Waals surface area contributed by atoms with Crippen molar-refractivity contribution in [1.29, 1.82) is 0 Å². The second kappa shape index (κ2) is 184. The van der Waals surface area contributed by atoms with Crippen LogP contribution in [-0.2, 0) is 4.79 Å². The van der Waals surface area contributed by atoms with Gasteiger partial charge >= 0.3 is 5.97 Å². The van der Waals surface area contributed by atoms with E-state index in [1.807, 2.05) is 0 Å². The lowest BCUT2D eigenvalue weighted by Crippen LogP contribution is -1.96. The van der Waals surface area contributed by atoms with Crippen molar-refractivity contribution in [2.24, 2.45) is 0 Å². The maximum atomic E-state index is 9.44. The van der Waals surface area contributed by atoms with Gasteiger partial charge < -0.3 is 77.9 Å². The first kappa shape index (κ1) is 226. The van der Waals surface area contributed by atoms with Crippen LogP contribution >= 0.6 is 0 Å². The Morgan fingerprint density at radius 2 is 0.824 bits per heavy atom. The van der Waals surface area contributed by atoms with Crippen molar-refractivity contribution in [1.82, 2.24) is 67.7 Å². The standard InChI is InChI=1S/C3H6O3.11H3N/c4-2-1-3(5)6;;;;;;;;;;;/h4H,1-2H2,(H,5,6);11*1H3. The molecule has 17 heavy (non-hydrogen) atoms. The van der Waals surface area contributed by atoms with E-state index in [9.17, 15) is 4.79 Å². The molecule has 0 atom stereocenters. The lowest BCUT2D eigenvalue weighted by atomic mass is 10.5. The Morgan fingerprint density at radius 3 is 0.824 bits per heavy atom. The largest absolute Gasteiger partial charge is 0.481 e. The summed E-state index contributed by atoms with van der Waals surface area (Å²) in [6.45, 7) is -0.269. The van der Waals surface area contributed by atoms with Crippen LogP contribution in [0.5, 0.6) is 0 Å². The van der Waals surface area contributed by atoms with Gasteiger partial charge in [-0.2, -0.15) is 0 Å². The highest BCUT2D eigenvalue weighted by molar-refractivity contribution is 5.66. The van der Waals surface area contributed by atoms with Gasteiger partial charge in [0.15, 0.2) is 0 Å². The van der Waals surface area contributed by atoms with E-state index >= 15 is 0 Å². The van der Waals surface area contributed by atoms with Gasteiger partial charge in [-0.15, -0.1) is 0 Å². The maximum absolute atomic E-state index is 9.44. The first-order chi connectivity index (χ1) is 2.77. The molecule has 0 aliphatic carbocycles. The van der Waals surface area contributed by atoms with Gasteiger partial charge in [0.1, 0.15) is 0 Å². The Balaban J connectivity index is -0.00000000227. The summed E-state index contributed by atoms with van der Waals surface area (Å²) in [5, 5.41) is 15.6. The highest BCUT2D eigenvalue weighted by Gasteiger charge is 1.88. The molecule has 0 aromatic carbocycles. The first-order valence-corrected chi connectivity index (χ1v) is 1.60. The van der Waals surface area contributed by atoms with Gasteiger partial charge in [-0.1, -0.05) is 0 Å². The molecule has 0 aromatic heterocycles. The summed E-state index contributed by atoms with van der Waals surface area (Å²) in [5.41, 5.74) is 0. The molecule has 0 unspecified atom stereocenters. The van der Waals surface area contributed by atoms with Crippen LogP contribution in [0.25, 0.3) is 0 Å². The van der Waals surface area contributed by atoms with E-state index in [4.69, 9.17) is 10.2 Å². The number of hydrogen-bond donors (Lipinski definition) is 13. The van der Waals surface area contributed by atoms with Crippen LogP contribution in [0.3, 0.4) is 0 Å². The predicted octanol–water partition coefficient (Wildman–Crippen LogP) is 1.24. The smallest absolute Gasteiger partial charge is 0.305 e. The fourth-order valence-corrected chi connectivity index (χ4v) is 0.0956. The average Bonchev–Trinajstić information content (AvgIpc) is 1.35. The van der Waals surface area contributed by atoms with Gasteiger partial charge in [0.25, 0.3) is 0 Å². The molecule has 0 heterocycles. The van der Waals surface area contributed by atoms with Crippen LogP contribution < -0.4 is 67.7 Å². The molecule has 0 fully saturated rings. The Hall–Kier alpha value is -1.01. The topological polar surface area (TPSA) is 443 Å². The van der Waals surface area contributed by atoms with Gasteiger partial charge in [-0.05, 0) is 0 Å². The van der Waals surface area contributed by atoms with E-state index in [1.165, 1.54) is 0 Å². The van der Waals surface area contributed by atoms with Crippen LogP contribution in [0.15, 0.2) is 0 Å². The summed E-state index contributed by atoms with van der Waals surface area (Å²) in [6, 6.07) is 0. The van der Waals surface area contributed by atoms with Crippen molar-refractivity contribution in [2.75, 3.05) is 6.61 Å². The molecule has 0 rings (SSSR count). The zero-order valence-corrected chi connectivity index (χ0v) is 11.0. The van der Waals surface area contributed by atoms with Crippen LogP contribution in [0.1, 0.15) is 6.42 Å². The second-order valence-electron chi connectivity index (χ2n) is 0.867. The molecular weight excluding hydrogens is 238 g/mol. The number of aliphatic hydroxyl groups is 1. The highest BCUT2D eigenvalue weighted by atomic mass is 16.4. The SMILES string of the molecule is N.N.N.N.N.N.N.N.N.N.N.O=C(O)CCO. The third kappa shape index (κ3) is 639. The van der Waals surface area contributed by atoms with Gasteiger partial charge in [-0.25, -0.2) is 0 Å². The zero-order valence-electron chi connectivity index (χ0n) is 11.0. The molecular formula is C3H39N11O3. The Labute approximate surface area is 103 Å². The van der Waals surface area contributed by atoms with E-state index in [0.717, 1.165) is 0 Å². The van der Waals surface area contributed by atoms with Crippen LogP contribution in [0.2, 0.25) is 0 Å². The molecule has 0 radical (unpaired) electrons. The molecule has 0 spiro atoms. The fourth-order valence-electron chi connectivity index (χ4n) is 0.0956. The van der Waals surface area contributed by atoms with Crippen molar-refractivity contribution in [3.63, 3.8) is 0 Å². The Morgan fingerprint density at radius 1 is 0.647 bits per heavy atom. The first-order valence-electron chi connectivity index (χ1n) is 1.60. The minimum atomic E-state index is -0.961. The quantitative estimate of drug-likeness (QED) is 0.337. The molecule has 0 bridgehead atoms. The van der Waals surface area contributed by atoms with E-state index in [0.29, 0.717) is 0 Å². The van der Waals surface area contributed by atoms with Crippen molar-refractivity contribution >= 4 is 5.97 Å². The molecule has 14 heteroatoms. The number of aliphatic carboxylic acids is 1. The third-order valence-electron chi connectivity index (χ3n) is 0.326. The summed E-state index contributed by atoms with van der Waals surface area (Å²) in [5.74, 6) is -0.961. The van der Waals surface area contributed by atoms with Gasteiger partial charge in [-0.3, -0.25) is 4.79 Å². The zero-order chi connectivity index (χ0) is 4.99. The predicted molar refractivity (Wildman–Crippen MR) is 74.6 cm³/mol. The lowest BCUT2D eigenvalue weighted by molar-refractivity contribution is -0.137. The number of carboxylic acid groups (broad SMARTS) is 1. The van der Waals surface area contributed by atoms with Gasteiger partial charge in [0.05, 0.1) is 13.0 Å². The van der Waals surface area contributed by atoms with E-state index in [2.05, 4.69) is 0 Å². The minimum absolute atomic E-state index is 0. The Kier molecular flexibility index (Phi) is 2450. The van der Waals surface area contributed by atoms with Crippen molar-refractivity contribution in [3.8, 4) is 0 Å². The number of hydrogen-bond acceptors (Lipinski definition) is 13. The van der Waals surface area contributed by atoms with E-state index < -0.39 is 5.97 Å². The summed E-state index contributed by atoms with van der Waals surface area (Å²) in [6.07, 6.45) is -0.153. The van der Waals surface area contributed by atoms with Crippen molar-refractivity contribution in [3.05, 3.63) is 0 Å². The second-order valence-corrected chi connectivity index (χ2v) is 0.867. The highest BCUT2D eigenvalue weighted by Crippen LogP contribution is 1.70. The number of carbonyl (C=O) groups is 1. The van der Waals surface area contributed by atoms with Crippen molar-refractivity contribution in [2.45, 2.75) is 6.42 Å². The number of carboxylic acids is 1. The Bertz CT molecular complexity index is 65.9. The van der Waals surface area contributed by atoms with Crippen LogP contribution in [0, 0.1) is 0 Å². The number of rotatable bonds is 2. The van der Waals surface area contributed by atoms with Crippen molar-refractivity contribution < 1.29 is 15.0 Å². The molecule has 0 aliphatic rings. The van der Waals surface area contributed by atoms with Gasteiger partial charge in [0, 0.05) is 0 Å². The van der Waals surface area contributed by atoms with Gasteiger partial charge in [0.2, 0.25) is 0 Å². The molecule has 0 saturated carbocycles. The maximum Gasteiger partial charge on any atom is 0.305 e. The summed E-state index contributed by atoms with van der Waals surface area (Å²) >= 11 is 0. The molecule has 0 aromatic rings.